The molecule has 0 aromatic heterocycles. The van der Waals surface area contributed by atoms with E-state index in [9.17, 15) is 14.4 Å². The average molecular weight is 1110 g/mol. The third-order valence-corrected chi connectivity index (χ3v) is 14.5. The van der Waals surface area contributed by atoms with Gasteiger partial charge in [-0.1, -0.05) is 304 Å². The first-order valence-corrected chi connectivity index (χ1v) is 33.9. The van der Waals surface area contributed by atoms with Crippen LogP contribution in [0.5, 0.6) is 0 Å². The van der Waals surface area contributed by atoms with Crippen molar-refractivity contribution in [3.8, 4) is 0 Å². The van der Waals surface area contributed by atoms with Crippen LogP contribution in [0.1, 0.15) is 323 Å². The molecule has 0 bridgehead atoms. The van der Waals surface area contributed by atoms with Crippen molar-refractivity contribution < 1.29 is 28.6 Å². The molecule has 0 aliphatic carbocycles. The minimum atomic E-state index is -0.801. The number of esters is 3. The first kappa shape index (κ1) is 76.1. The molecular weight excluding hydrogens is 985 g/mol. The molecule has 0 aliphatic heterocycles. The monoisotopic (exact) mass is 1110 g/mol. The van der Waals surface area contributed by atoms with Gasteiger partial charge in [0.05, 0.1) is 0 Å². The highest BCUT2D eigenvalue weighted by Crippen LogP contribution is 2.17. The fraction of sp³-hybridized carbons (Fsp3) is 0.716. The summed E-state index contributed by atoms with van der Waals surface area (Å²) in [6.07, 6.45) is 92.4. The molecule has 6 heteroatoms. The second-order valence-electron chi connectivity index (χ2n) is 22.4. The number of ether oxygens (including phenoxy) is 3. The standard InChI is InChI=1S/C74H126O6/c1-4-7-10-13-16-19-22-25-28-30-32-34-35-36-37-38-39-40-42-43-46-49-52-55-58-61-64-67-73(76)79-70-71(69-78-72(75)66-63-60-57-54-51-48-45-27-24-21-18-15-12-9-6-3)80-74(77)68-65-62-59-56-53-50-47-44-41-33-31-29-26-23-20-17-14-11-8-5-2/h7,10,16,19,25,27-28,32,34,36-37,39-40,43,45-46,52,55,71H,4-6,8-9,11-15,17-18,20-24,26,29-31,33,35,38,41-42,44,47-51,53-54,56-70H2,1-3H3/b10-7-,19-16-,28-25-,34-32-,37-36-,40-39-,45-27-,46-43-,55-52-. The number of hydrogen-bond donors (Lipinski definition) is 0. The molecule has 0 N–H and O–H groups in total. The van der Waals surface area contributed by atoms with Crippen molar-refractivity contribution in [2.45, 2.75) is 329 Å². The van der Waals surface area contributed by atoms with Crippen molar-refractivity contribution >= 4 is 17.9 Å². The Morgan fingerprint density at radius 3 is 0.800 bits per heavy atom. The number of unbranched alkanes of at least 4 members (excludes halogenated alkanes) is 32. The summed E-state index contributed by atoms with van der Waals surface area (Å²) < 4.78 is 16.9. The van der Waals surface area contributed by atoms with Gasteiger partial charge < -0.3 is 14.2 Å². The zero-order valence-corrected chi connectivity index (χ0v) is 52.6. The first-order chi connectivity index (χ1) is 39.5. The lowest BCUT2D eigenvalue weighted by molar-refractivity contribution is -0.167. The molecule has 0 amide bonds. The van der Waals surface area contributed by atoms with Crippen LogP contribution in [0.15, 0.2) is 109 Å². The van der Waals surface area contributed by atoms with Gasteiger partial charge in [-0.05, 0) is 109 Å². The number of hydrogen-bond acceptors (Lipinski definition) is 6. The minimum absolute atomic E-state index is 0.0944. The van der Waals surface area contributed by atoms with Gasteiger partial charge in [0.1, 0.15) is 13.2 Å². The molecule has 458 valence electrons. The molecule has 0 aromatic rings. The van der Waals surface area contributed by atoms with Crippen molar-refractivity contribution in [1.29, 1.82) is 0 Å². The fourth-order valence-corrected chi connectivity index (χ4v) is 9.45. The van der Waals surface area contributed by atoms with Crippen LogP contribution >= 0.6 is 0 Å². The Morgan fingerprint density at radius 1 is 0.263 bits per heavy atom. The van der Waals surface area contributed by atoms with Gasteiger partial charge in [-0.25, -0.2) is 0 Å². The van der Waals surface area contributed by atoms with E-state index in [-0.39, 0.29) is 31.1 Å². The van der Waals surface area contributed by atoms with Crippen LogP contribution in [-0.2, 0) is 28.6 Å². The predicted octanol–water partition coefficient (Wildman–Crippen LogP) is 23.4. The molecule has 1 unspecified atom stereocenters. The van der Waals surface area contributed by atoms with Crippen molar-refractivity contribution in [3.63, 3.8) is 0 Å². The van der Waals surface area contributed by atoms with E-state index in [0.717, 1.165) is 116 Å². The summed E-state index contributed by atoms with van der Waals surface area (Å²) in [6, 6.07) is 0. The molecule has 1 atom stereocenters. The summed E-state index contributed by atoms with van der Waals surface area (Å²) in [7, 11) is 0. The molecule has 0 heterocycles. The van der Waals surface area contributed by atoms with Crippen molar-refractivity contribution in [3.05, 3.63) is 109 Å². The summed E-state index contributed by atoms with van der Waals surface area (Å²) in [5.41, 5.74) is 0. The number of rotatable bonds is 61. The predicted molar refractivity (Wildman–Crippen MR) is 348 cm³/mol. The zero-order valence-electron chi connectivity index (χ0n) is 52.6. The van der Waals surface area contributed by atoms with E-state index < -0.39 is 6.10 Å². The Labute approximate surface area is 495 Å². The SMILES string of the molecule is CC/C=C\C/C=C\C/C=C\C/C=C\C/C=C\C/C=C\C/C=C\C/C=C\CCCCC(=O)OCC(COC(=O)CCCCCCC/C=C\CCCCCCCC)OC(=O)CCCCCCCCCCCCCCCCCCCCCC. The Balaban J connectivity index is 4.43. The molecule has 6 nitrogen and oxygen atoms in total. The van der Waals surface area contributed by atoms with Gasteiger partial charge in [0.15, 0.2) is 6.10 Å². The Hall–Kier alpha value is -3.93. The third-order valence-electron chi connectivity index (χ3n) is 14.5. The molecule has 0 saturated carbocycles. The number of carbonyl (C=O) groups is 3. The second-order valence-corrected chi connectivity index (χ2v) is 22.4. The minimum Gasteiger partial charge on any atom is -0.462 e. The van der Waals surface area contributed by atoms with Crippen molar-refractivity contribution in [2.24, 2.45) is 0 Å². The molecule has 80 heavy (non-hydrogen) atoms. The number of allylic oxidation sites excluding steroid dienone is 18. The highest BCUT2D eigenvalue weighted by Gasteiger charge is 2.19. The van der Waals surface area contributed by atoms with Crippen LogP contribution in [-0.4, -0.2) is 37.2 Å². The maximum absolute atomic E-state index is 12.9. The van der Waals surface area contributed by atoms with E-state index in [2.05, 4.69) is 130 Å². The number of carbonyl (C=O) groups excluding carboxylic acids is 3. The van der Waals surface area contributed by atoms with Gasteiger partial charge in [-0.3, -0.25) is 14.4 Å². The summed E-state index contributed by atoms with van der Waals surface area (Å²) in [4.78, 5) is 38.4. The topological polar surface area (TPSA) is 78.9 Å². The lowest BCUT2D eigenvalue weighted by atomic mass is 10.0. The molecule has 0 aromatic carbocycles. The zero-order chi connectivity index (χ0) is 57.8. The molecule has 0 saturated heterocycles. The van der Waals surface area contributed by atoms with Gasteiger partial charge in [0.2, 0.25) is 0 Å². The normalized spacial score (nSPS) is 12.8. The summed E-state index contributed by atoms with van der Waals surface area (Å²) in [5.74, 6) is -0.935. The lowest BCUT2D eigenvalue weighted by Crippen LogP contribution is -2.30. The Morgan fingerprint density at radius 2 is 0.487 bits per heavy atom. The smallest absolute Gasteiger partial charge is 0.306 e. The van der Waals surface area contributed by atoms with E-state index >= 15 is 0 Å². The van der Waals surface area contributed by atoms with E-state index in [1.807, 2.05) is 0 Å². The highest BCUT2D eigenvalue weighted by atomic mass is 16.6. The maximum atomic E-state index is 12.9. The lowest BCUT2D eigenvalue weighted by Gasteiger charge is -2.18. The van der Waals surface area contributed by atoms with Crippen LogP contribution in [0.4, 0.5) is 0 Å². The van der Waals surface area contributed by atoms with Crippen LogP contribution in [0.3, 0.4) is 0 Å². The molecular formula is C74H126O6. The summed E-state index contributed by atoms with van der Waals surface area (Å²) in [6.45, 7) is 6.51. The van der Waals surface area contributed by atoms with E-state index in [4.69, 9.17) is 14.2 Å². The molecule has 0 spiro atoms. The van der Waals surface area contributed by atoms with E-state index in [1.54, 1.807) is 0 Å². The van der Waals surface area contributed by atoms with Gasteiger partial charge >= 0.3 is 17.9 Å². The quantitative estimate of drug-likeness (QED) is 0.0261. The molecule has 0 fully saturated rings. The van der Waals surface area contributed by atoms with Gasteiger partial charge in [0, 0.05) is 19.3 Å². The van der Waals surface area contributed by atoms with Crippen LogP contribution in [0.2, 0.25) is 0 Å². The van der Waals surface area contributed by atoms with Gasteiger partial charge in [0.25, 0.3) is 0 Å². The molecule has 0 aliphatic rings. The average Bonchev–Trinajstić information content (AvgIpc) is 3.46. The van der Waals surface area contributed by atoms with Crippen LogP contribution in [0, 0.1) is 0 Å². The van der Waals surface area contributed by atoms with E-state index in [1.165, 1.54) is 167 Å². The van der Waals surface area contributed by atoms with Gasteiger partial charge in [-0.15, -0.1) is 0 Å². The molecule has 0 radical (unpaired) electrons. The van der Waals surface area contributed by atoms with Crippen molar-refractivity contribution in [2.75, 3.05) is 13.2 Å². The molecule has 0 rings (SSSR count). The summed E-state index contributed by atoms with van der Waals surface area (Å²) in [5, 5.41) is 0. The largest absolute Gasteiger partial charge is 0.462 e. The Bertz CT molecular complexity index is 1610. The van der Waals surface area contributed by atoms with Crippen LogP contribution in [0.25, 0.3) is 0 Å². The van der Waals surface area contributed by atoms with Gasteiger partial charge in [-0.2, -0.15) is 0 Å². The van der Waals surface area contributed by atoms with E-state index in [0.29, 0.717) is 19.3 Å². The maximum Gasteiger partial charge on any atom is 0.306 e. The second kappa shape index (κ2) is 67.6. The highest BCUT2D eigenvalue weighted by molar-refractivity contribution is 5.71. The van der Waals surface area contributed by atoms with Crippen LogP contribution < -0.4 is 0 Å². The first-order valence-electron chi connectivity index (χ1n) is 33.9. The van der Waals surface area contributed by atoms with Crippen molar-refractivity contribution in [1.82, 2.24) is 0 Å². The fourth-order valence-electron chi connectivity index (χ4n) is 9.45. The Kier molecular flexibility index (Phi) is 64.3. The summed E-state index contributed by atoms with van der Waals surface area (Å²) >= 11 is 0. The third kappa shape index (κ3) is 64.9.